The molecule has 5 heteroatoms. The van der Waals surface area contributed by atoms with E-state index in [9.17, 15) is 4.79 Å². The second-order valence-electron chi connectivity index (χ2n) is 4.45. The van der Waals surface area contributed by atoms with Crippen molar-refractivity contribution in [3.63, 3.8) is 0 Å². The van der Waals surface area contributed by atoms with Gasteiger partial charge in [-0.2, -0.15) is 0 Å². The molecule has 0 bridgehead atoms. The van der Waals surface area contributed by atoms with Crippen molar-refractivity contribution in [3.05, 3.63) is 28.8 Å². The first-order valence-electron chi connectivity index (χ1n) is 6.31. The van der Waals surface area contributed by atoms with Gasteiger partial charge in [0.2, 0.25) is 0 Å². The van der Waals surface area contributed by atoms with Gasteiger partial charge in [0.15, 0.2) is 6.10 Å². The van der Waals surface area contributed by atoms with Gasteiger partial charge < -0.3 is 15.2 Å². The van der Waals surface area contributed by atoms with Crippen LogP contribution in [0.5, 0.6) is 5.75 Å². The molecule has 1 rings (SSSR count). The quantitative estimate of drug-likeness (QED) is 0.816. The molecule has 0 saturated carbocycles. The van der Waals surface area contributed by atoms with E-state index in [1.807, 2.05) is 6.92 Å². The Bertz CT molecular complexity index is 435. The van der Waals surface area contributed by atoms with Crippen LogP contribution in [0.25, 0.3) is 0 Å². The van der Waals surface area contributed by atoms with Crippen LogP contribution in [0.15, 0.2) is 18.2 Å². The molecule has 2 atom stereocenters. The van der Waals surface area contributed by atoms with Crippen LogP contribution in [0.1, 0.15) is 26.3 Å². The number of nitrogens with two attached hydrogens (primary N) is 1. The lowest BCUT2D eigenvalue weighted by molar-refractivity contribution is -0.150. The van der Waals surface area contributed by atoms with Gasteiger partial charge in [-0.25, -0.2) is 4.79 Å². The number of hydrogen-bond acceptors (Lipinski definition) is 4. The van der Waals surface area contributed by atoms with E-state index >= 15 is 0 Å². The summed E-state index contributed by atoms with van der Waals surface area (Å²) in [6, 6.07) is 5.26. The predicted octanol–water partition coefficient (Wildman–Crippen LogP) is 2.56. The summed E-state index contributed by atoms with van der Waals surface area (Å²) in [6.07, 6.45) is -0.0289. The number of carbonyl (C=O) groups is 1. The van der Waals surface area contributed by atoms with Gasteiger partial charge in [0.05, 0.1) is 6.61 Å². The molecule has 0 aliphatic rings. The topological polar surface area (TPSA) is 61.5 Å². The Morgan fingerprint density at radius 3 is 2.68 bits per heavy atom. The Morgan fingerprint density at radius 2 is 2.11 bits per heavy atom. The van der Waals surface area contributed by atoms with Gasteiger partial charge in [0.1, 0.15) is 5.75 Å². The van der Waals surface area contributed by atoms with E-state index in [1.54, 1.807) is 32.0 Å². The first-order valence-corrected chi connectivity index (χ1v) is 6.69. The van der Waals surface area contributed by atoms with Gasteiger partial charge >= 0.3 is 5.97 Å². The van der Waals surface area contributed by atoms with Crippen LogP contribution in [-0.4, -0.2) is 24.7 Å². The summed E-state index contributed by atoms with van der Waals surface area (Å²) in [4.78, 5) is 11.5. The Balaban J connectivity index is 2.84. The Kier molecular flexibility index (Phi) is 6.12. The highest BCUT2D eigenvalue weighted by atomic mass is 35.5. The Morgan fingerprint density at radius 1 is 1.42 bits per heavy atom. The number of carbonyl (C=O) groups excluding carboxylic acids is 1. The molecule has 0 spiro atoms. The van der Waals surface area contributed by atoms with Gasteiger partial charge in [0.25, 0.3) is 0 Å². The van der Waals surface area contributed by atoms with Crippen molar-refractivity contribution < 1.29 is 14.3 Å². The first-order chi connectivity index (χ1) is 8.93. The highest BCUT2D eigenvalue weighted by molar-refractivity contribution is 6.30. The smallest absolute Gasteiger partial charge is 0.347 e. The van der Waals surface area contributed by atoms with Crippen molar-refractivity contribution in [1.29, 1.82) is 0 Å². The Labute approximate surface area is 118 Å². The van der Waals surface area contributed by atoms with Crippen molar-refractivity contribution in [3.8, 4) is 5.75 Å². The number of hydrogen-bond donors (Lipinski definition) is 1. The number of ether oxygens (including phenoxy) is 2. The van der Waals surface area contributed by atoms with E-state index in [-0.39, 0.29) is 12.0 Å². The third kappa shape index (κ3) is 5.09. The molecule has 0 heterocycles. The van der Waals surface area contributed by atoms with E-state index in [0.717, 1.165) is 5.56 Å². The summed E-state index contributed by atoms with van der Waals surface area (Å²) in [5.41, 5.74) is 6.68. The summed E-state index contributed by atoms with van der Waals surface area (Å²) >= 11 is 5.96. The second-order valence-corrected chi connectivity index (χ2v) is 4.88. The number of benzene rings is 1. The third-order valence-corrected chi connectivity index (χ3v) is 2.72. The molecule has 0 fully saturated rings. The Hall–Kier alpha value is -1.26. The molecule has 1 aromatic rings. The summed E-state index contributed by atoms with van der Waals surface area (Å²) in [7, 11) is 0. The monoisotopic (exact) mass is 285 g/mol. The molecular formula is C14H20ClNO3. The molecular weight excluding hydrogens is 266 g/mol. The van der Waals surface area contributed by atoms with Crippen molar-refractivity contribution in [2.45, 2.75) is 39.3 Å². The average Bonchev–Trinajstić information content (AvgIpc) is 2.32. The molecule has 4 nitrogen and oxygen atoms in total. The van der Waals surface area contributed by atoms with Crippen molar-refractivity contribution in [2.24, 2.45) is 5.73 Å². The highest BCUT2D eigenvalue weighted by Crippen LogP contribution is 2.25. The van der Waals surface area contributed by atoms with Gasteiger partial charge in [-0.15, -0.1) is 0 Å². The fourth-order valence-electron chi connectivity index (χ4n) is 1.67. The van der Waals surface area contributed by atoms with E-state index in [0.29, 0.717) is 23.8 Å². The summed E-state index contributed by atoms with van der Waals surface area (Å²) in [5.74, 6) is 0.228. The molecule has 0 radical (unpaired) electrons. The molecule has 2 unspecified atom stereocenters. The van der Waals surface area contributed by atoms with Gasteiger partial charge in [-0.3, -0.25) is 0 Å². The molecule has 0 aliphatic carbocycles. The van der Waals surface area contributed by atoms with Gasteiger partial charge in [-0.1, -0.05) is 11.6 Å². The van der Waals surface area contributed by atoms with Gasteiger partial charge in [0, 0.05) is 11.1 Å². The maximum absolute atomic E-state index is 11.5. The van der Waals surface area contributed by atoms with Crippen LogP contribution in [0.4, 0.5) is 0 Å². The molecule has 1 aromatic carbocycles. The number of esters is 1. The SMILES string of the molecule is CCOC(=O)C(C)Oc1ccc(Cl)cc1CC(C)N. The summed E-state index contributed by atoms with van der Waals surface area (Å²) in [5, 5.41) is 0.617. The molecule has 2 N–H and O–H groups in total. The van der Waals surface area contributed by atoms with E-state index in [2.05, 4.69) is 0 Å². The van der Waals surface area contributed by atoms with Crippen LogP contribution in [0, 0.1) is 0 Å². The van der Waals surface area contributed by atoms with Crippen molar-refractivity contribution in [1.82, 2.24) is 0 Å². The van der Waals surface area contributed by atoms with Crippen LogP contribution in [0.2, 0.25) is 5.02 Å². The molecule has 19 heavy (non-hydrogen) atoms. The largest absolute Gasteiger partial charge is 0.479 e. The standard InChI is InChI=1S/C14H20ClNO3/c1-4-18-14(17)10(3)19-13-6-5-12(15)8-11(13)7-9(2)16/h5-6,8-10H,4,7,16H2,1-3H3. The first kappa shape index (κ1) is 15.8. The van der Waals surface area contributed by atoms with E-state index in [1.165, 1.54) is 0 Å². The number of rotatable bonds is 6. The highest BCUT2D eigenvalue weighted by Gasteiger charge is 2.17. The molecule has 0 amide bonds. The maximum Gasteiger partial charge on any atom is 0.347 e. The van der Waals surface area contributed by atoms with Gasteiger partial charge in [-0.05, 0) is 51.0 Å². The lowest BCUT2D eigenvalue weighted by Crippen LogP contribution is -2.27. The van der Waals surface area contributed by atoms with E-state index < -0.39 is 6.10 Å². The van der Waals surface area contributed by atoms with Crippen LogP contribution >= 0.6 is 11.6 Å². The molecule has 0 aromatic heterocycles. The fourth-order valence-corrected chi connectivity index (χ4v) is 1.86. The fraction of sp³-hybridized carbons (Fsp3) is 0.500. The lowest BCUT2D eigenvalue weighted by atomic mass is 10.1. The summed E-state index contributed by atoms with van der Waals surface area (Å²) < 4.78 is 10.5. The van der Waals surface area contributed by atoms with Crippen molar-refractivity contribution in [2.75, 3.05) is 6.61 Å². The maximum atomic E-state index is 11.5. The van der Waals surface area contributed by atoms with Crippen LogP contribution < -0.4 is 10.5 Å². The minimum Gasteiger partial charge on any atom is -0.479 e. The zero-order chi connectivity index (χ0) is 14.4. The predicted molar refractivity (Wildman–Crippen MR) is 75.5 cm³/mol. The van der Waals surface area contributed by atoms with Crippen LogP contribution in [0.3, 0.4) is 0 Å². The third-order valence-electron chi connectivity index (χ3n) is 2.49. The minimum absolute atomic E-state index is 0.0151. The lowest BCUT2D eigenvalue weighted by Gasteiger charge is -2.17. The normalized spacial score (nSPS) is 13.7. The average molecular weight is 286 g/mol. The zero-order valence-electron chi connectivity index (χ0n) is 11.5. The zero-order valence-corrected chi connectivity index (χ0v) is 12.2. The summed E-state index contributed by atoms with van der Waals surface area (Å²) in [6.45, 7) is 5.65. The molecule has 0 saturated heterocycles. The molecule has 0 aliphatic heterocycles. The number of halogens is 1. The van der Waals surface area contributed by atoms with Crippen LogP contribution in [-0.2, 0) is 16.0 Å². The minimum atomic E-state index is -0.659. The molecule has 106 valence electrons. The van der Waals surface area contributed by atoms with Crippen molar-refractivity contribution >= 4 is 17.6 Å². The van der Waals surface area contributed by atoms with E-state index in [4.69, 9.17) is 26.8 Å². The second kappa shape index (κ2) is 7.36.